The van der Waals surface area contributed by atoms with Crippen LogP contribution in [0.2, 0.25) is 0 Å². The van der Waals surface area contributed by atoms with E-state index in [0.29, 0.717) is 18.1 Å². The van der Waals surface area contributed by atoms with Gasteiger partial charge in [-0.3, -0.25) is 4.79 Å². The number of carbonyl (C=O) groups is 1. The van der Waals surface area contributed by atoms with Gasteiger partial charge in [-0.1, -0.05) is 0 Å². The van der Waals surface area contributed by atoms with E-state index in [4.69, 9.17) is 4.74 Å². The van der Waals surface area contributed by atoms with Crippen LogP contribution in [0.1, 0.15) is 31.1 Å². The van der Waals surface area contributed by atoms with Crippen LogP contribution in [0.5, 0.6) is 5.88 Å². The number of carbonyl (C=O) groups excluding carboxylic acids is 1. The number of amides is 1. The summed E-state index contributed by atoms with van der Waals surface area (Å²) >= 11 is 0. The van der Waals surface area contributed by atoms with Gasteiger partial charge in [0.25, 0.3) is 5.91 Å². The molecule has 0 aliphatic heterocycles. The number of pyridine rings is 1. The molecule has 15 heavy (non-hydrogen) atoms. The second kappa shape index (κ2) is 5.34. The van der Waals surface area contributed by atoms with Gasteiger partial charge in [-0.15, -0.1) is 0 Å². The highest BCUT2D eigenvalue weighted by atomic mass is 16.5. The highest BCUT2D eigenvalue weighted by molar-refractivity contribution is 5.96. The number of ether oxygens (including phenoxy) is 1. The molecule has 0 fully saturated rings. The quantitative estimate of drug-likeness (QED) is 0.818. The van der Waals surface area contributed by atoms with Crippen molar-refractivity contribution < 1.29 is 9.53 Å². The topological polar surface area (TPSA) is 51.2 Å². The van der Waals surface area contributed by atoms with Gasteiger partial charge in [0.15, 0.2) is 0 Å². The van der Waals surface area contributed by atoms with Crippen molar-refractivity contribution >= 4 is 5.91 Å². The molecule has 82 valence electrons. The number of aromatic nitrogens is 1. The third-order valence-electron chi connectivity index (χ3n) is 1.72. The third-order valence-corrected chi connectivity index (χ3v) is 1.72. The molecular formula is C11H16N2O2. The SMILES string of the molecule is CCOc1ncccc1C(=O)NC(C)C. The lowest BCUT2D eigenvalue weighted by atomic mass is 10.2. The fraction of sp³-hybridized carbons (Fsp3) is 0.455. The number of nitrogens with zero attached hydrogens (tertiary/aromatic N) is 1. The molecule has 1 N–H and O–H groups in total. The van der Waals surface area contributed by atoms with Crippen molar-refractivity contribution in [2.75, 3.05) is 6.61 Å². The van der Waals surface area contributed by atoms with Crippen LogP contribution >= 0.6 is 0 Å². The van der Waals surface area contributed by atoms with Crippen molar-refractivity contribution in [1.82, 2.24) is 10.3 Å². The minimum absolute atomic E-state index is 0.104. The average molecular weight is 208 g/mol. The molecule has 0 spiro atoms. The van der Waals surface area contributed by atoms with E-state index in [-0.39, 0.29) is 11.9 Å². The molecule has 0 radical (unpaired) electrons. The predicted octanol–water partition coefficient (Wildman–Crippen LogP) is 1.62. The molecule has 4 heteroatoms. The van der Waals surface area contributed by atoms with Gasteiger partial charge < -0.3 is 10.1 Å². The summed E-state index contributed by atoms with van der Waals surface area (Å²) in [4.78, 5) is 15.7. The van der Waals surface area contributed by atoms with E-state index < -0.39 is 0 Å². The van der Waals surface area contributed by atoms with Gasteiger partial charge in [0.1, 0.15) is 5.56 Å². The Labute approximate surface area is 89.7 Å². The van der Waals surface area contributed by atoms with E-state index in [0.717, 1.165) is 0 Å². The van der Waals surface area contributed by atoms with E-state index in [2.05, 4.69) is 10.3 Å². The number of hydrogen-bond acceptors (Lipinski definition) is 3. The summed E-state index contributed by atoms with van der Waals surface area (Å²) in [6.07, 6.45) is 1.61. The molecule has 0 aromatic carbocycles. The Morgan fingerprint density at radius 3 is 2.93 bits per heavy atom. The maximum atomic E-state index is 11.7. The highest BCUT2D eigenvalue weighted by Crippen LogP contribution is 2.13. The molecule has 1 heterocycles. The van der Waals surface area contributed by atoms with Crippen molar-refractivity contribution in [3.8, 4) is 5.88 Å². The van der Waals surface area contributed by atoms with Crippen LogP contribution in [0, 0.1) is 0 Å². The first-order chi connectivity index (χ1) is 7.15. The molecule has 0 saturated carbocycles. The van der Waals surface area contributed by atoms with Gasteiger partial charge in [-0.2, -0.15) is 0 Å². The fourth-order valence-corrected chi connectivity index (χ4v) is 1.16. The second-order valence-corrected chi connectivity index (χ2v) is 3.42. The van der Waals surface area contributed by atoms with Crippen LogP contribution in [0.4, 0.5) is 0 Å². The van der Waals surface area contributed by atoms with Crippen molar-refractivity contribution in [2.24, 2.45) is 0 Å². The van der Waals surface area contributed by atoms with Crippen molar-refractivity contribution in [3.63, 3.8) is 0 Å². The fourth-order valence-electron chi connectivity index (χ4n) is 1.16. The highest BCUT2D eigenvalue weighted by Gasteiger charge is 2.13. The van der Waals surface area contributed by atoms with E-state index in [1.807, 2.05) is 20.8 Å². The smallest absolute Gasteiger partial charge is 0.256 e. The molecule has 0 saturated heterocycles. The molecular weight excluding hydrogens is 192 g/mol. The minimum atomic E-state index is -0.151. The number of nitrogens with one attached hydrogen (secondary N) is 1. The summed E-state index contributed by atoms with van der Waals surface area (Å²) in [5, 5.41) is 2.80. The summed E-state index contributed by atoms with van der Waals surface area (Å²) in [6, 6.07) is 3.53. The molecule has 4 nitrogen and oxygen atoms in total. The predicted molar refractivity (Wildman–Crippen MR) is 58.0 cm³/mol. The summed E-state index contributed by atoms with van der Waals surface area (Å²) in [7, 11) is 0. The van der Waals surface area contributed by atoms with E-state index in [1.165, 1.54) is 0 Å². The zero-order valence-corrected chi connectivity index (χ0v) is 9.28. The number of rotatable bonds is 4. The van der Waals surface area contributed by atoms with Gasteiger partial charge in [0.05, 0.1) is 6.61 Å². The molecule has 0 aliphatic carbocycles. The Balaban J connectivity index is 2.87. The van der Waals surface area contributed by atoms with Crippen molar-refractivity contribution in [3.05, 3.63) is 23.9 Å². The molecule has 1 amide bonds. The van der Waals surface area contributed by atoms with Gasteiger partial charge >= 0.3 is 0 Å². The molecule has 1 aromatic rings. The minimum Gasteiger partial charge on any atom is -0.477 e. The van der Waals surface area contributed by atoms with Crippen molar-refractivity contribution in [1.29, 1.82) is 0 Å². The molecule has 0 aliphatic rings. The normalized spacial score (nSPS) is 10.1. The van der Waals surface area contributed by atoms with Gasteiger partial charge in [0.2, 0.25) is 5.88 Å². The summed E-state index contributed by atoms with van der Waals surface area (Å²) in [5.41, 5.74) is 0.480. The summed E-state index contributed by atoms with van der Waals surface area (Å²) < 4.78 is 5.27. The Bertz CT molecular complexity index is 337. The lowest BCUT2D eigenvalue weighted by molar-refractivity contribution is 0.0938. The van der Waals surface area contributed by atoms with E-state index in [1.54, 1.807) is 18.3 Å². The second-order valence-electron chi connectivity index (χ2n) is 3.42. The first-order valence-corrected chi connectivity index (χ1v) is 5.03. The van der Waals surface area contributed by atoms with Crippen LogP contribution < -0.4 is 10.1 Å². The zero-order valence-electron chi connectivity index (χ0n) is 9.28. The summed E-state index contributed by atoms with van der Waals surface area (Å²) in [6.45, 7) is 6.18. The third kappa shape index (κ3) is 3.23. The van der Waals surface area contributed by atoms with Crippen LogP contribution in [-0.4, -0.2) is 23.5 Å². The molecule has 1 aromatic heterocycles. The number of hydrogen-bond donors (Lipinski definition) is 1. The maximum absolute atomic E-state index is 11.7. The Hall–Kier alpha value is -1.58. The molecule has 0 bridgehead atoms. The monoisotopic (exact) mass is 208 g/mol. The zero-order chi connectivity index (χ0) is 11.3. The van der Waals surface area contributed by atoms with E-state index in [9.17, 15) is 4.79 Å². The van der Waals surface area contributed by atoms with Crippen LogP contribution in [0.25, 0.3) is 0 Å². The van der Waals surface area contributed by atoms with Crippen LogP contribution in [-0.2, 0) is 0 Å². The average Bonchev–Trinajstić information content (AvgIpc) is 2.18. The molecule has 0 unspecified atom stereocenters. The molecule has 0 atom stereocenters. The van der Waals surface area contributed by atoms with Crippen LogP contribution in [0.15, 0.2) is 18.3 Å². The van der Waals surface area contributed by atoms with Gasteiger partial charge in [-0.05, 0) is 32.9 Å². The van der Waals surface area contributed by atoms with E-state index >= 15 is 0 Å². The Morgan fingerprint density at radius 1 is 1.60 bits per heavy atom. The maximum Gasteiger partial charge on any atom is 0.256 e. The lowest BCUT2D eigenvalue weighted by Gasteiger charge is -2.11. The van der Waals surface area contributed by atoms with Crippen molar-refractivity contribution in [2.45, 2.75) is 26.8 Å². The Kier molecular flexibility index (Phi) is 4.09. The largest absolute Gasteiger partial charge is 0.477 e. The van der Waals surface area contributed by atoms with Gasteiger partial charge in [0, 0.05) is 12.2 Å². The lowest BCUT2D eigenvalue weighted by Crippen LogP contribution is -2.30. The van der Waals surface area contributed by atoms with Crippen LogP contribution in [0.3, 0.4) is 0 Å². The summed E-state index contributed by atoms with van der Waals surface area (Å²) in [5.74, 6) is 0.236. The first-order valence-electron chi connectivity index (χ1n) is 5.03. The standard InChI is InChI=1S/C11H16N2O2/c1-4-15-11-9(6-5-7-12-11)10(14)13-8(2)3/h5-8H,4H2,1-3H3,(H,13,14). The Morgan fingerprint density at radius 2 is 2.33 bits per heavy atom. The first kappa shape index (κ1) is 11.5. The van der Waals surface area contributed by atoms with Gasteiger partial charge in [-0.25, -0.2) is 4.98 Å². The molecule has 1 rings (SSSR count).